The van der Waals surface area contributed by atoms with Crippen molar-refractivity contribution in [1.29, 1.82) is 0 Å². The minimum absolute atomic E-state index is 0.115. The average Bonchev–Trinajstić information content (AvgIpc) is 2.97. The molecule has 1 atom stereocenters. The van der Waals surface area contributed by atoms with Crippen LogP contribution in [0.2, 0.25) is 0 Å². The summed E-state index contributed by atoms with van der Waals surface area (Å²) in [5.41, 5.74) is -0.676. The smallest absolute Gasteiger partial charge is 0.426 e. The van der Waals surface area contributed by atoms with Crippen molar-refractivity contribution in [3.63, 3.8) is 0 Å². The second kappa shape index (κ2) is 14.2. The molecule has 16 heteroatoms. The lowest BCUT2D eigenvalue weighted by Crippen LogP contribution is -2.20. The van der Waals surface area contributed by atoms with Crippen LogP contribution in [-0.2, 0) is 9.59 Å². The lowest BCUT2D eigenvalue weighted by Gasteiger charge is -2.13. The van der Waals surface area contributed by atoms with Crippen molar-refractivity contribution in [3.05, 3.63) is 96.1 Å². The van der Waals surface area contributed by atoms with Crippen LogP contribution in [0.25, 0.3) is 22.3 Å². The highest BCUT2D eigenvalue weighted by Gasteiger charge is 2.33. The molecule has 0 amide bonds. The molecule has 0 saturated carbocycles. The summed E-state index contributed by atoms with van der Waals surface area (Å²) in [6.45, 7) is 1.40. The second-order valence-corrected chi connectivity index (χ2v) is 10.0. The van der Waals surface area contributed by atoms with E-state index < -0.39 is 65.3 Å². The molecule has 0 saturated heterocycles. The molecule has 0 radical (unpaired) electrons. The van der Waals surface area contributed by atoms with E-state index in [0.29, 0.717) is 24.3 Å². The van der Waals surface area contributed by atoms with Gasteiger partial charge in [0.1, 0.15) is 23.1 Å². The molecule has 48 heavy (non-hydrogen) atoms. The first-order valence-electron chi connectivity index (χ1n) is 13.5. The molecule has 0 N–H and O–H groups in total. The Morgan fingerprint density at radius 3 is 1.44 bits per heavy atom. The summed E-state index contributed by atoms with van der Waals surface area (Å²) >= 11 is 0. The molecule has 0 aliphatic heterocycles. The van der Waals surface area contributed by atoms with E-state index in [1.165, 1.54) is 6.92 Å². The van der Waals surface area contributed by atoms with Crippen LogP contribution < -0.4 is 18.9 Å². The molecule has 0 aliphatic rings. The predicted molar refractivity (Wildman–Crippen MR) is 147 cm³/mol. The van der Waals surface area contributed by atoms with Gasteiger partial charge in [-0.05, 0) is 66.1 Å². The Morgan fingerprint density at radius 1 is 0.604 bits per heavy atom. The number of halogens is 10. The van der Waals surface area contributed by atoms with Gasteiger partial charge in [-0.3, -0.25) is 9.59 Å². The molecule has 0 heterocycles. The number of carbonyl (C=O) groups excluding carboxylic acids is 2. The third-order valence-corrected chi connectivity index (χ3v) is 6.45. The van der Waals surface area contributed by atoms with Crippen molar-refractivity contribution in [3.8, 4) is 45.3 Å². The van der Waals surface area contributed by atoms with Gasteiger partial charge >= 0.3 is 24.7 Å². The van der Waals surface area contributed by atoms with Crippen molar-refractivity contribution in [2.24, 2.45) is 5.92 Å². The van der Waals surface area contributed by atoms with Gasteiger partial charge in [-0.2, -0.15) is 0 Å². The summed E-state index contributed by atoms with van der Waals surface area (Å²) < 4.78 is 149. The Morgan fingerprint density at radius 2 is 1.04 bits per heavy atom. The Labute approximate surface area is 264 Å². The van der Waals surface area contributed by atoms with Gasteiger partial charge in [-0.1, -0.05) is 19.1 Å². The van der Waals surface area contributed by atoms with Crippen LogP contribution in [0.5, 0.6) is 23.0 Å². The van der Waals surface area contributed by atoms with Gasteiger partial charge in [0.05, 0.1) is 5.92 Å². The monoisotopic (exact) mass is 690 g/mol. The van der Waals surface area contributed by atoms with Crippen molar-refractivity contribution in [1.82, 2.24) is 0 Å². The molecule has 6 nitrogen and oxygen atoms in total. The van der Waals surface area contributed by atoms with E-state index in [0.717, 1.165) is 48.5 Å². The highest BCUT2D eigenvalue weighted by molar-refractivity contribution is 5.77. The third kappa shape index (κ3) is 9.62. The Bertz CT molecular complexity index is 1820. The average molecular weight is 690 g/mol. The zero-order chi connectivity index (χ0) is 35.4. The molecule has 0 aromatic heterocycles. The lowest BCUT2D eigenvalue weighted by atomic mass is 10.0. The largest absolute Gasteiger partial charge is 0.573 e. The Hall–Kier alpha value is -5.28. The van der Waals surface area contributed by atoms with Gasteiger partial charge in [0.15, 0.2) is 23.1 Å². The van der Waals surface area contributed by atoms with E-state index in [9.17, 15) is 53.5 Å². The molecule has 0 spiro atoms. The highest BCUT2D eigenvalue weighted by Crippen LogP contribution is 2.34. The molecule has 254 valence electrons. The standard InChI is InChI=1S/C32H20F10O6/c1-16(30(44)46-20-6-8-22(24(34)15-20)18-4-10-28(26(36)13-18)48-32(40,41)42)2-11-29(43)45-19-5-7-21(23(33)14-19)17-3-9-27(25(35)12-17)47-31(37,38)39/h3-10,12-16H,2,11H2,1H3. The number of hydrogen-bond donors (Lipinski definition) is 0. The van der Waals surface area contributed by atoms with E-state index >= 15 is 0 Å². The first kappa shape index (κ1) is 35.6. The van der Waals surface area contributed by atoms with Gasteiger partial charge in [0.25, 0.3) is 0 Å². The van der Waals surface area contributed by atoms with E-state index in [4.69, 9.17) is 9.47 Å². The SMILES string of the molecule is CC(CCC(=O)Oc1ccc(-c2ccc(OC(F)(F)F)c(F)c2)c(F)c1)C(=O)Oc1ccc(-c2ccc(OC(F)(F)F)c(F)c2)c(F)c1. The molecular weight excluding hydrogens is 670 g/mol. The summed E-state index contributed by atoms with van der Waals surface area (Å²) in [7, 11) is 0. The van der Waals surface area contributed by atoms with Crippen molar-refractivity contribution in [2.45, 2.75) is 32.5 Å². The van der Waals surface area contributed by atoms with Crippen LogP contribution in [0, 0.1) is 29.2 Å². The van der Waals surface area contributed by atoms with Crippen LogP contribution in [-0.4, -0.2) is 24.7 Å². The topological polar surface area (TPSA) is 71.1 Å². The van der Waals surface area contributed by atoms with E-state index in [1.54, 1.807) is 0 Å². The number of hydrogen-bond acceptors (Lipinski definition) is 6. The molecule has 0 bridgehead atoms. The number of ether oxygens (including phenoxy) is 4. The van der Waals surface area contributed by atoms with Gasteiger partial charge in [-0.15, -0.1) is 26.3 Å². The van der Waals surface area contributed by atoms with Crippen LogP contribution in [0.4, 0.5) is 43.9 Å². The molecule has 0 fully saturated rings. The molecule has 4 rings (SSSR count). The first-order valence-corrected chi connectivity index (χ1v) is 13.5. The predicted octanol–water partition coefficient (Wildman–Crippen LogP) is 9.30. The number of rotatable bonds is 10. The summed E-state index contributed by atoms with van der Waals surface area (Å²) in [5.74, 6) is -10.2. The molecule has 1 unspecified atom stereocenters. The minimum Gasteiger partial charge on any atom is -0.426 e. The van der Waals surface area contributed by atoms with E-state index in [2.05, 4.69) is 9.47 Å². The van der Waals surface area contributed by atoms with Crippen LogP contribution >= 0.6 is 0 Å². The first-order chi connectivity index (χ1) is 22.4. The summed E-state index contributed by atoms with van der Waals surface area (Å²) in [6, 6.07) is 10.7. The van der Waals surface area contributed by atoms with Crippen molar-refractivity contribution in [2.75, 3.05) is 0 Å². The van der Waals surface area contributed by atoms with Gasteiger partial charge in [0.2, 0.25) is 0 Å². The Kier molecular flexibility index (Phi) is 10.5. The Balaban J connectivity index is 1.30. The van der Waals surface area contributed by atoms with Gasteiger partial charge in [0, 0.05) is 29.7 Å². The summed E-state index contributed by atoms with van der Waals surface area (Å²) in [6.07, 6.45) is -10.7. The highest BCUT2D eigenvalue weighted by atomic mass is 19.4. The number of esters is 2. The fourth-order valence-electron chi connectivity index (χ4n) is 4.19. The third-order valence-electron chi connectivity index (χ3n) is 6.45. The molecule has 4 aromatic carbocycles. The maximum Gasteiger partial charge on any atom is 0.573 e. The number of carbonyl (C=O) groups is 2. The lowest BCUT2D eigenvalue weighted by molar-refractivity contribution is -0.276. The summed E-state index contributed by atoms with van der Waals surface area (Å²) in [4.78, 5) is 24.8. The maximum absolute atomic E-state index is 14.7. The quantitative estimate of drug-likeness (QED) is 0.0939. The fraction of sp³-hybridized carbons (Fsp3) is 0.188. The summed E-state index contributed by atoms with van der Waals surface area (Å²) in [5, 5.41) is 0. The van der Waals surface area contributed by atoms with Crippen LogP contribution in [0.1, 0.15) is 19.8 Å². The van der Waals surface area contributed by atoms with Crippen LogP contribution in [0.15, 0.2) is 72.8 Å². The van der Waals surface area contributed by atoms with Gasteiger partial charge in [-0.25, -0.2) is 17.6 Å². The fourth-order valence-corrected chi connectivity index (χ4v) is 4.19. The maximum atomic E-state index is 14.7. The normalized spacial score (nSPS) is 12.3. The zero-order valence-corrected chi connectivity index (χ0v) is 24.1. The zero-order valence-electron chi connectivity index (χ0n) is 24.1. The molecule has 0 aliphatic carbocycles. The van der Waals surface area contributed by atoms with Crippen molar-refractivity contribution >= 4 is 11.9 Å². The molecule has 4 aromatic rings. The second-order valence-electron chi connectivity index (χ2n) is 10.0. The van der Waals surface area contributed by atoms with E-state index in [-0.39, 0.29) is 46.6 Å². The minimum atomic E-state index is -5.13. The number of alkyl halides is 6. The van der Waals surface area contributed by atoms with Crippen LogP contribution in [0.3, 0.4) is 0 Å². The molecular formula is C32H20F10O6. The van der Waals surface area contributed by atoms with Gasteiger partial charge < -0.3 is 18.9 Å². The van der Waals surface area contributed by atoms with E-state index in [1.807, 2.05) is 0 Å². The van der Waals surface area contributed by atoms with Crippen molar-refractivity contribution < 1.29 is 72.4 Å². The number of benzene rings is 4.